The highest BCUT2D eigenvalue weighted by Crippen LogP contribution is 2.50. The van der Waals surface area contributed by atoms with Crippen molar-refractivity contribution in [2.45, 2.75) is 20.0 Å². The highest BCUT2D eigenvalue weighted by atomic mass is 31.2. The lowest BCUT2D eigenvalue weighted by molar-refractivity contribution is 0.218. The average Bonchev–Trinajstić information content (AvgIpc) is 2.52. The Bertz CT molecular complexity index is 341. The first-order chi connectivity index (χ1) is 7.11. The number of nitrogens with zero attached hydrogens (tertiary/aromatic N) is 2. The molecule has 0 spiro atoms. The van der Waals surface area contributed by atoms with E-state index in [4.69, 9.17) is 9.05 Å². The summed E-state index contributed by atoms with van der Waals surface area (Å²) in [6.07, 6.45) is 3.69. The summed E-state index contributed by atoms with van der Waals surface area (Å²) < 4.78 is 24.3. The minimum atomic E-state index is -3.02. The highest BCUT2D eigenvalue weighted by Gasteiger charge is 2.25. The van der Waals surface area contributed by atoms with Gasteiger partial charge < -0.3 is 13.6 Å². The van der Waals surface area contributed by atoms with Crippen molar-refractivity contribution in [3.63, 3.8) is 0 Å². The van der Waals surface area contributed by atoms with Crippen LogP contribution < -0.4 is 0 Å². The largest absolute Gasteiger partial charge is 0.338 e. The molecule has 0 aliphatic rings. The first-order valence-electron chi connectivity index (χ1n) is 4.95. The van der Waals surface area contributed by atoms with Crippen molar-refractivity contribution in [2.75, 3.05) is 13.2 Å². The average molecular weight is 232 g/mol. The molecule has 5 nitrogen and oxygen atoms in total. The SMILES string of the molecule is CCOP(=O)(Cc1nccn1C)OCC. The number of aromatic nitrogens is 2. The molecule has 0 N–H and O–H groups in total. The van der Waals surface area contributed by atoms with Gasteiger partial charge in [-0.2, -0.15) is 0 Å². The van der Waals surface area contributed by atoms with E-state index in [0.717, 1.165) is 0 Å². The Balaban J connectivity index is 2.75. The van der Waals surface area contributed by atoms with Crippen LogP contribution in [-0.4, -0.2) is 22.8 Å². The van der Waals surface area contributed by atoms with Crippen LogP contribution in [0.5, 0.6) is 0 Å². The highest BCUT2D eigenvalue weighted by molar-refractivity contribution is 7.53. The molecule has 15 heavy (non-hydrogen) atoms. The van der Waals surface area contributed by atoms with Gasteiger partial charge in [0, 0.05) is 19.4 Å². The molecular formula is C9H17N2O3P. The predicted octanol–water partition coefficient (Wildman–Crippen LogP) is 2.19. The van der Waals surface area contributed by atoms with E-state index in [1.807, 2.05) is 11.6 Å². The fourth-order valence-corrected chi connectivity index (χ4v) is 2.94. The van der Waals surface area contributed by atoms with Crippen LogP contribution in [0, 0.1) is 0 Å². The van der Waals surface area contributed by atoms with Crippen molar-refractivity contribution < 1.29 is 13.6 Å². The third-order valence-electron chi connectivity index (χ3n) is 1.91. The molecule has 86 valence electrons. The zero-order valence-electron chi connectivity index (χ0n) is 9.34. The van der Waals surface area contributed by atoms with Crippen LogP contribution in [-0.2, 0) is 26.8 Å². The number of imidazole rings is 1. The Morgan fingerprint density at radius 3 is 2.40 bits per heavy atom. The fraction of sp³-hybridized carbons (Fsp3) is 0.667. The second-order valence-corrected chi connectivity index (χ2v) is 5.11. The molecule has 0 fully saturated rings. The lowest BCUT2D eigenvalue weighted by Crippen LogP contribution is -2.03. The van der Waals surface area contributed by atoms with E-state index >= 15 is 0 Å². The molecule has 0 radical (unpaired) electrons. The van der Waals surface area contributed by atoms with E-state index in [1.165, 1.54) is 0 Å². The van der Waals surface area contributed by atoms with E-state index in [9.17, 15) is 4.57 Å². The van der Waals surface area contributed by atoms with Crippen LogP contribution in [0.3, 0.4) is 0 Å². The van der Waals surface area contributed by atoms with Crippen molar-refractivity contribution in [2.24, 2.45) is 7.05 Å². The smallest absolute Gasteiger partial charge is 0.337 e. The van der Waals surface area contributed by atoms with Crippen LogP contribution >= 0.6 is 7.60 Å². The Hall–Kier alpha value is -0.640. The summed E-state index contributed by atoms with van der Waals surface area (Å²) in [6.45, 7) is 4.34. The molecule has 1 heterocycles. The monoisotopic (exact) mass is 232 g/mol. The standard InChI is InChI=1S/C9H17N2O3P/c1-4-13-15(12,14-5-2)8-9-10-6-7-11(9)3/h6-7H,4-5,8H2,1-3H3. The van der Waals surface area contributed by atoms with Gasteiger partial charge in [-0.25, -0.2) is 4.98 Å². The summed E-state index contributed by atoms with van der Waals surface area (Å²) in [6, 6.07) is 0. The lowest BCUT2D eigenvalue weighted by Gasteiger charge is -2.16. The van der Waals surface area contributed by atoms with Crippen LogP contribution in [0.25, 0.3) is 0 Å². The minimum Gasteiger partial charge on any atom is -0.337 e. The van der Waals surface area contributed by atoms with Crippen molar-refractivity contribution in [1.29, 1.82) is 0 Å². The Labute approximate surface area is 89.9 Å². The van der Waals surface area contributed by atoms with Gasteiger partial charge in [-0.05, 0) is 13.8 Å². The summed E-state index contributed by atoms with van der Waals surface area (Å²) in [5.74, 6) is 0.709. The van der Waals surface area contributed by atoms with Gasteiger partial charge in [-0.15, -0.1) is 0 Å². The van der Waals surface area contributed by atoms with Crippen molar-refractivity contribution in [3.05, 3.63) is 18.2 Å². The first-order valence-corrected chi connectivity index (χ1v) is 6.68. The normalized spacial score (nSPS) is 11.9. The van der Waals surface area contributed by atoms with Gasteiger partial charge in [-0.3, -0.25) is 4.57 Å². The van der Waals surface area contributed by atoms with Crippen LogP contribution in [0.1, 0.15) is 19.7 Å². The predicted molar refractivity (Wildman–Crippen MR) is 57.8 cm³/mol. The third-order valence-corrected chi connectivity index (χ3v) is 3.88. The first kappa shape index (κ1) is 12.4. The third kappa shape index (κ3) is 3.45. The second kappa shape index (κ2) is 5.45. The second-order valence-electron chi connectivity index (χ2n) is 3.06. The van der Waals surface area contributed by atoms with Gasteiger partial charge in [-0.1, -0.05) is 0 Å². The fourth-order valence-electron chi connectivity index (χ4n) is 1.24. The molecule has 0 aliphatic heterocycles. The number of hydrogen-bond donors (Lipinski definition) is 0. The number of rotatable bonds is 6. The van der Waals surface area contributed by atoms with Crippen molar-refractivity contribution in [3.8, 4) is 0 Å². The number of hydrogen-bond acceptors (Lipinski definition) is 4. The molecule has 1 aromatic rings. The molecule has 0 saturated carbocycles. The molecule has 0 amide bonds. The van der Waals surface area contributed by atoms with E-state index in [2.05, 4.69) is 4.98 Å². The Morgan fingerprint density at radius 2 is 2.00 bits per heavy atom. The van der Waals surface area contributed by atoms with E-state index in [0.29, 0.717) is 19.0 Å². The molecule has 0 unspecified atom stereocenters. The van der Waals surface area contributed by atoms with Crippen molar-refractivity contribution >= 4 is 7.60 Å². The summed E-state index contributed by atoms with van der Waals surface area (Å²) >= 11 is 0. The Kier molecular flexibility index (Phi) is 4.51. The van der Waals surface area contributed by atoms with Gasteiger partial charge in [0.25, 0.3) is 0 Å². The molecule has 0 atom stereocenters. The summed E-state index contributed by atoms with van der Waals surface area (Å²) in [5, 5.41) is 0. The molecule has 1 aromatic heterocycles. The zero-order chi connectivity index (χ0) is 11.3. The molecule has 0 aliphatic carbocycles. The summed E-state index contributed by atoms with van der Waals surface area (Å²) in [7, 11) is -1.17. The topological polar surface area (TPSA) is 53.3 Å². The van der Waals surface area contributed by atoms with Gasteiger partial charge in [0.1, 0.15) is 12.0 Å². The maximum absolute atomic E-state index is 12.1. The molecular weight excluding hydrogens is 215 g/mol. The van der Waals surface area contributed by atoms with Crippen molar-refractivity contribution in [1.82, 2.24) is 9.55 Å². The molecule has 0 bridgehead atoms. The maximum Gasteiger partial charge on any atom is 0.338 e. The van der Waals surface area contributed by atoms with E-state index in [1.54, 1.807) is 26.2 Å². The van der Waals surface area contributed by atoms with Gasteiger partial charge in [0.05, 0.1) is 13.2 Å². The Morgan fingerprint density at radius 1 is 1.40 bits per heavy atom. The zero-order valence-corrected chi connectivity index (χ0v) is 10.2. The van der Waals surface area contributed by atoms with Crippen LogP contribution in [0.15, 0.2) is 12.4 Å². The quantitative estimate of drug-likeness (QED) is 0.705. The van der Waals surface area contributed by atoms with Gasteiger partial charge in [0.2, 0.25) is 0 Å². The maximum atomic E-state index is 12.1. The van der Waals surface area contributed by atoms with Gasteiger partial charge in [0.15, 0.2) is 0 Å². The molecule has 0 aromatic carbocycles. The van der Waals surface area contributed by atoms with E-state index < -0.39 is 7.60 Å². The summed E-state index contributed by atoms with van der Waals surface area (Å²) in [4.78, 5) is 4.10. The minimum absolute atomic E-state index is 0.220. The molecule has 1 rings (SSSR count). The van der Waals surface area contributed by atoms with Gasteiger partial charge >= 0.3 is 7.60 Å². The molecule has 6 heteroatoms. The van der Waals surface area contributed by atoms with Crippen LogP contribution in [0.2, 0.25) is 0 Å². The number of aryl methyl sites for hydroxylation is 1. The molecule has 0 saturated heterocycles. The van der Waals surface area contributed by atoms with E-state index in [-0.39, 0.29) is 6.16 Å². The summed E-state index contributed by atoms with van der Waals surface area (Å²) in [5.41, 5.74) is 0. The van der Waals surface area contributed by atoms with Crippen LogP contribution in [0.4, 0.5) is 0 Å². The lowest BCUT2D eigenvalue weighted by atomic mass is 10.7.